The molecule has 0 unspecified atom stereocenters. The second-order valence-corrected chi connectivity index (χ2v) is 4.62. The Labute approximate surface area is 107 Å². The summed E-state index contributed by atoms with van der Waals surface area (Å²) in [4.78, 5) is 11.4. The molecule has 0 radical (unpaired) electrons. The van der Waals surface area contributed by atoms with Crippen LogP contribution in [0.3, 0.4) is 0 Å². The number of primary amides is 1. The van der Waals surface area contributed by atoms with E-state index in [4.69, 9.17) is 11.0 Å². The van der Waals surface area contributed by atoms with E-state index in [1.165, 1.54) is 0 Å². The number of halogens is 1. The van der Waals surface area contributed by atoms with Crippen LogP contribution in [0.4, 0.5) is 0 Å². The SMILES string of the molecule is Cc1c(C(N)=O)n(C)c2ccc(C#N)c(Br)c12. The van der Waals surface area contributed by atoms with Crippen LogP contribution < -0.4 is 5.73 Å². The second-order valence-electron chi connectivity index (χ2n) is 3.83. The average Bonchev–Trinajstić information content (AvgIpc) is 2.52. The normalized spacial score (nSPS) is 10.5. The number of hydrogen-bond donors (Lipinski definition) is 1. The lowest BCUT2D eigenvalue weighted by Crippen LogP contribution is -2.16. The molecule has 0 fully saturated rings. The number of aryl methyl sites for hydroxylation is 2. The Hall–Kier alpha value is -1.80. The van der Waals surface area contributed by atoms with Crippen molar-refractivity contribution < 1.29 is 4.79 Å². The zero-order valence-corrected chi connectivity index (χ0v) is 11.0. The van der Waals surface area contributed by atoms with Crippen molar-refractivity contribution in [3.63, 3.8) is 0 Å². The summed E-state index contributed by atoms with van der Waals surface area (Å²) in [5.74, 6) is -0.466. The van der Waals surface area contributed by atoms with Gasteiger partial charge in [-0.25, -0.2) is 0 Å². The average molecular weight is 292 g/mol. The van der Waals surface area contributed by atoms with Gasteiger partial charge in [0, 0.05) is 22.4 Å². The van der Waals surface area contributed by atoms with Gasteiger partial charge in [-0.05, 0) is 40.5 Å². The molecular formula is C12H10BrN3O. The van der Waals surface area contributed by atoms with Crippen molar-refractivity contribution in [3.05, 3.63) is 33.4 Å². The van der Waals surface area contributed by atoms with E-state index in [1.807, 2.05) is 13.0 Å². The van der Waals surface area contributed by atoms with Crippen LogP contribution >= 0.6 is 15.9 Å². The van der Waals surface area contributed by atoms with E-state index >= 15 is 0 Å². The molecule has 1 heterocycles. The van der Waals surface area contributed by atoms with Crippen LogP contribution in [0.25, 0.3) is 10.9 Å². The largest absolute Gasteiger partial charge is 0.364 e. The molecule has 0 bridgehead atoms. The number of benzene rings is 1. The van der Waals surface area contributed by atoms with Gasteiger partial charge in [-0.2, -0.15) is 5.26 Å². The number of nitriles is 1. The van der Waals surface area contributed by atoms with E-state index in [1.54, 1.807) is 17.7 Å². The number of carbonyl (C=O) groups excluding carboxylic acids is 1. The molecule has 5 heteroatoms. The molecule has 2 rings (SSSR count). The molecule has 1 amide bonds. The van der Waals surface area contributed by atoms with Gasteiger partial charge < -0.3 is 10.3 Å². The van der Waals surface area contributed by atoms with Crippen molar-refractivity contribution >= 4 is 32.7 Å². The Morgan fingerprint density at radius 1 is 1.53 bits per heavy atom. The first-order chi connectivity index (χ1) is 7.99. The maximum Gasteiger partial charge on any atom is 0.265 e. The van der Waals surface area contributed by atoms with Gasteiger partial charge in [0.2, 0.25) is 0 Å². The molecule has 0 saturated carbocycles. The number of nitrogens with zero attached hydrogens (tertiary/aromatic N) is 2. The molecule has 0 aliphatic heterocycles. The maximum absolute atomic E-state index is 11.4. The standard InChI is InChI=1S/C12H10BrN3O/c1-6-9-8(16(2)11(6)12(15)17)4-3-7(5-14)10(9)13/h3-4H,1-2H3,(H2,15,17). The van der Waals surface area contributed by atoms with Gasteiger partial charge in [-0.3, -0.25) is 4.79 Å². The highest BCUT2D eigenvalue weighted by molar-refractivity contribution is 9.10. The van der Waals surface area contributed by atoms with E-state index in [0.717, 1.165) is 16.5 Å². The van der Waals surface area contributed by atoms with Gasteiger partial charge in [-0.1, -0.05) is 0 Å². The van der Waals surface area contributed by atoms with Gasteiger partial charge in [0.15, 0.2) is 0 Å². The number of fused-ring (bicyclic) bond motifs is 1. The fraction of sp³-hybridized carbons (Fsp3) is 0.167. The molecule has 0 aliphatic carbocycles. The number of carbonyl (C=O) groups is 1. The van der Waals surface area contributed by atoms with Crippen molar-refractivity contribution in [1.82, 2.24) is 4.57 Å². The van der Waals surface area contributed by atoms with Crippen LogP contribution in [0.2, 0.25) is 0 Å². The second kappa shape index (κ2) is 3.90. The van der Waals surface area contributed by atoms with E-state index in [2.05, 4.69) is 22.0 Å². The van der Waals surface area contributed by atoms with Crippen molar-refractivity contribution in [2.24, 2.45) is 12.8 Å². The molecule has 0 atom stereocenters. The third-order valence-electron chi connectivity index (χ3n) is 2.90. The summed E-state index contributed by atoms with van der Waals surface area (Å²) >= 11 is 3.40. The Morgan fingerprint density at radius 2 is 2.18 bits per heavy atom. The molecule has 17 heavy (non-hydrogen) atoms. The van der Waals surface area contributed by atoms with Crippen LogP contribution in [0.1, 0.15) is 21.6 Å². The molecule has 1 aromatic heterocycles. The Kier molecular flexibility index (Phi) is 2.68. The summed E-state index contributed by atoms with van der Waals surface area (Å²) in [6, 6.07) is 5.64. The molecule has 0 spiro atoms. The van der Waals surface area contributed by atoms with E-state index in [-0.39, 0.29) is 0 Å². The fourth-order valence-electron chi connectivity index (χ4n) is 2.13. The third-order valence-corrected chi connectivity index (χ3v) is 3.72. The van der Waals surface area contributed by atoms with Gasteiger partial charge in [-0.15, -0.1) is 0 Å². The van der Waals surface area contributed by atoms with E-state index in [9.17, 15) is 4.79 Å². The number of hydrogen-bond acceptors (Lipinski definition) is 2. The lowest BCUT2D eigenvalue weighted by Gasteiger charge is -2.00. The predicted octanol–water partition coefficient (Wildman–Crippen LogP) is 2.22. The van der Waals surface area contributed by atoms with Crippen molar-refractivity contribution in [3.8, 4) is 6.07 Å². The Bertz CT molecular complexity index is 679. The number of nitrogens with two attached hydrogens (primary N) is 1. The third kappa shape index (κ3) is 1.53. The molecule has 86 valence electrons. The molecule has 2 N–H and O–H groups in total. The fourth-order valence-corrected chi connectivity index (χ4v) is 2.85. The van der Waals surface area contributed by atoms with Crippen molar-refractivity contribution in [1.29, 1.82) is 5.26 Å². The topological polar surface area (TPSA) is 71.8 Å². The summed E-state index contributed by atoms with van der Waals surface area (Å²) in [5.41, 5.74) is 8.04. The lowest BCUT2D eigenvalue weighted by atomic mass is 10.1. The van der Waals surface area contributed by atoms with Gasteiger partial charge in [0.1, 0.15) is 11.8 Å². The van der Waals surface area contributed by atoms with Gasteiger partial charge in [0.25, 0.3) is 5.91 Å². The van der Waals surface area contributed by atoms with E-state index in [0.29, 0.717) is 15.7 Å². The van der Waals surface area contributed by atoms with Crippen LogP contribution in [0.5, 0.6) is 0 Å². The smallest absolute Gasteiger partial charge is 0.265 e. The number of rotatable bonds is 1. The Morgan fingerprint density at radius 3 is 2.71 bits per heavy atom. The van der Waals surface area contributed by atoms with Gasteiger partial charge in [0.05, 0.1) is 5.56 Å². The summed E-state index contributed by atoms with van der Waals surface area (Å²) in [5, 5.41) is 9.84. The molecule has 0 aliphatic rings. The first-order valence-corrected chi connectivity index (χ1v) is 5.75. The minimum Gasteiger partial charge on any atom is -0.364 e. The predicted molar refractivity (Wildman–Crippen MR) is 68.6 cm³/mol. The number of aromatic nitrogens is 1. The molecular weight excluding hydrogens is 282 g/mol. The van der Waals surface area contributed by atoms with Crippen LogP contribution in [0, 0.1) is 18.3 Å². The van der Waals surface area contributed by atoms with Crippen LogP contribution in [0.15, 0.2) is 16.6 Å². The minimum absolute atomic E-state index is 0.466. The molecule has 0 saturated heterocycles. The van der Waals surface area contributed by atoms with Crippen LogP contribution in [-0.4, -0.2) is 10.5 Å². The highest BCUT2D eigenvalue weighted by Crippen LogP contribution is 2.33. The quantitative estimate of drug-likeness (QED) is 0.875. The van der Waals surface area contributed by atoms with Crippen LogP contribution in [-0.2, 0) is 7.05 Å². The first kappa shape index (κ1) is 11.7. The lowest BCUT2D eigenvalue weighted by molar-refractivity contribution is 0.0992. The maximum atomic E-state index is 11.4. The monoisotopic (exact) mass is 291 g/mol. The highest BCUT2D eigenvalue weighted by atomic mass is 79.9. The molecule has 4 nitrogen and oxygen atoms in total. The molecule has 1 aromatic carbocycles. The zero-order chi connectivity index (χ0) is 12.7. The summed E-state index contributed by atoms with van der Waals surface area (Å²) in [7, 11) is 1.79. The van der Waals surface area contributed by atoms with Crippen molar-refractivity contribution in [2.45, 2.75) is 6.92 Å². The molecule has 2 aromatic rings. The summed E-state index contributed by atoms with van der Waals surface area (Å²) in [6.07, 6.45) is 0. The number of amides is 1. The van der Waals surface area contributed by atoms with E-state index < -0.39 is 5.91 Å². The van der Waals surface area contributed by atoms with Gasteiger partial charge >= 0.3 is 0 Å². The zero-order valence-electron chi connectivity index (χ0n) is 9.41. The first-order valence-electron chi connectivity index (χ1n) is 4.96. The highest BCUT2D eigenvalue weighted by Gasteiger charge is 2.19. The minimum atomic E-state index is -0.466. The summed E-state index contributed by atoms with van der Waals surface area (Å²) < 4.78 is 2.46. The Balaban J connectivity index is 3.00. The van der Waals surface area contributed by atoms with Crippen molar-refractivity contribution in [2.75, 3.05) is 0 Å². The summed E-state index contributed by atoms with van der Waals surface area (Å²) in [6.45, 7) is 1.83.